The van der Waals surface area contributed by atoms with Crippen molar-refractivity contribution < 1.29 is 0 Å². The SMILES string of the molecule is CSc1ccc(N[C@@H]2CCC[C@@H]2C)cc1. The highest BCUT2D eigenvalue weighted by Gasteiger charge is 2.22. The maximum absolute atomic E-state index is 3.63. The van der Waals surface area contributed by atoms with E-state index in [4.69, 9.17) is 0 Å². The van der Waals surface area contributed by atoms with E-state index in [1.807, 2.05) is 0 Å². The summed E-state index contributed by atoms with van der Waals surface area (Å²) in [6.45, 7) is 2.35. The lowest BCUT2D eigenvalue weighted by atomic mass is 10.1. The van der Waals surface area contributed by atoms with Gasteiger partial charge in [0, 0.05) is 16.6 Å². The molecule has 82 valence electrons. The number of rotatable bonds is 3. The van der Waals surface area contributed by atoms with Crippen LogP contribution in [0.3, 0.4) is 0 Å². The Bertz CT molecular complexity index is 307. The molecule has 1 saturated carbocycles. The molecule has 2 heteroatoms. The van der Waals surface area contributed by atoms with Gasteiger partial charge in [-0.2, -0.15) is 0 Å². The van der Waals surface area contributed by atoms with Gasteiger partial charge in [-0.15, -0.1) is 11.8 Å². The first kappa shape index (κ1) is 10.9. The second-order valence-corrected chi connectivity index (χ2v) is 5.27. The van der Waals surface area contributed by atoms with Crippen molar-refractivity contribution in [3.8, 4) is 0 Å². The van der Waals surface area contributed by atoms with Crippen molar-refractivity contribution in [1.82, 2.24) is 0 Å². The molecule has 0 radical (unpaired) electrons. The highest BCUT2D eigenvalue weighted by Crippen LogP contribution is 2.28. The molecule has 15 heavy (non-hydrogen) atoms. The topological polar surface area (TPSA) is 12.0 Å². The Morgan fingerprint density at radius 3 is 2.47 bits per heavy atom. The van der Waals surface area contributed by atoms with E-state index in [1.165, 1.54) is 29.8 Å². The molecule has 1 nitrogen and oxygen atoms in total. The first-order valence-corrected chi connectivity index (χ1v) is 6.92. The molecular formula is C13H19NS. The van der Waals surface area contributed by atoms with E-state index < -0.39 is 0 Å². The summed E-state index contributed by atoms with van der Waals surface area (Å²) >= 11 is 1.79. The highest BCUT2D eigenvalue weighted by atomic mass is 32.2. The molecule has 0 aliphatic heterocycles. The molecule has 1 aliphatic carbocycles. The normalized spacial score (nSPS) is 25.5. The van der Waals surface area contributed by atoms with E-state index in [0.29, 0.717) is 6.04 Å². The van der Waals surface area contributed by atoms with Crippen molar-refractivity contribution in [2.45, 2.75) is 37.1 Å². The highest BCUT2D eigenvalue weighted by molar-refractivity contribution is 7.98. The lowest BCUT2D eigenvalue weighted by Gasteiger charge is -2.18. The summed E-state index contributed by atoms with van der Waals surface area (Å²) in [7, 11) is 0. The third-order valence-corrected chi connectivity index (χ3v) is 4.05. The molecule has 2 rings (SSSR count). The van der Waals surface area contributed by atoms with Gasteiger partial charge in [-0.3, -0.25) is 0 Å². The van der Waals surface area contributed by atoms with Crippen LogP contribution in [0.4, 0.5) is 5.69 Å². The predicted molar refractivity (Wildman–Crippen MR) is 68.6 cm³/mol. The molecule has 1 fully saturated rings. The Labute approximate surface area is 96.7 Å². The van der Waals surface area contributed by atoms with Crippen LogP contribution in [0.15, 0.2) is 29.2 Å². The Balaban J connectivity index is 1.98. The fourth-order valence-corrected chi connectivity index (χ4v) is 2.67. The molecule has 1 aromatic carbocycles. The zero-order valence-corrected chi connectivity index (χ0v) is 10.3. The van der Waals surface area contributed by atoms with E-state index in [-0.39, 0.29) is 0 Å². The molecule has 1 N–H and O–H groups in total. The summed E-state index contributed by atoms with van der Waals surface area (Å²) in [5.41, 5.74) is 1.27. The van der Waals surface area contributed by atoms with Crippen LogP contribution in [0.5, 0.6) is 0 Å². The lowest BCUT2D eigenvalue weighted by molar-refractivity contribution is 0.556. The molecular weight excluding hydrogens is 202 g/mol. The number of thioether (sulfide) groups is 1. The molecule has 2 atom stereocenters. The summed E-state index contributed by atoms with van der Waals surface area (Å²) in [4.78, 5) is 1.33. The van der Waals surface area contributed by atoms with E-state index in [2.05, 4.69) is 42.8 Å². The van der Waals surface area contributed by atoms with E-state index in [1.54, 1.807) is 11.8 Å². The molecule has 1 aliphatic rings. The van der Waals surface area contributed by atoms with Gasteiger partial charge >= 0.3 is 0 Å². The van der Waals surface area contributed by atoms with Crippen LogP contribution in [0.1, 0.15) is 26.2 Å². The standard InChI is InChI=1S/C13H19NS/c1-10-4-3-5-13(10)14-11-6-8-12(15-2)9-7-11/h6-10,13-14H,3-5H2,1-2H3/t10-,13+/m0/s1. The third kappa shape index (κ3) is 2.69. The molecule has 1 aromatic rings. The quantitative estimate of drug-likeness (QED) is 0.774. The number of hydrogen-bond acceptors (Lipinski definition) is 2. The largest absolute Gasteiger partial charge is 0.382 e. The van der Waals surface area contributed by atoms with Crippen molar-refractivity contribution in [3.05, 3.63) is 24.3 Å². The smallest absolute Gasteiger partial charge is 0.0343 e. The Morgan fingerprint density at radius 2 is 1.93 bits per heavy atom. The molecule has 0 aromatic heterocycles. The average Bonchev–Trinajstić information content (AvgIpc) is 2.66. The molecule has 0 bridgehead atoms. The van der Waals surface area contributed by atoms with E-state index in [0.717, 1.165) is 5.92 Å². The number of nitrogens with one attached hydrogen (secondary N) is 1. The Kier molecular flexibility index (Phi) is 3.57. The van der Waals surface area contributed by atoms with Crippen LogP contribution in [-0.2, 0) is 0 Å². The van der Waals surface area contributed by atoms with Crippen LogP contribution in [-0.4, -0.2) is 12.3 Å². The molecule has 0 unspecified atom stereocenters. The maximum Gasteiger partial charge on any atom is 0.0343 e. The van der Waals surface area contributed by atoms with Gasteiger partial charge < -0.3 is 5.32 Å². The second-order valence-electron chi connectivity index (χ2n) is 4.39. The van der Waals surface area contributed by atoms with Crippen molar-refractivity contribution in [1.29, 1.82) is 0 Å². The van der Waals surface area contributed by atoms with Crippen molar-refractivity contribution in [2.75, 3.05) is 11.6 Å². The molecule has 0 spiro atoms. The number of benzene rings is 1. The minimum atomic E-state index is 0.685. The van der Waals surface area contributed by atoms with Crippen LogP contribution < -0.4 is 5.32 Å². The Hall–Kier alpha value is -0.630. The van der Waals surface area contributed by atoms with Crippen LogP contribution in [0, 0.1) is 5.92 Å². The molecule has 0 saturated heterocycles. The molecule has 0 heterocycles. The van der Waals surface area contributed by atoms with Gasteiger partial charge in [-0.1, -0.05) is 13.3 Å². The van der Waals surface area contributed by atoms with Crippen molar-refractivity contribution in [2.24, 2.45) is 5.92 Å². The van der Waals surface area contributed by atoms with Crippen LogP contribution in [0.2, 0.25) is 0 Å². The van der Waals surface area contributed by atoms with Gasteiger partial charge in [-0.05, 0) is 49.3 Å². The second kappa shape index (κ2) is 4.93. The van der Waals surface area contributed by atoms with Gasteiger partial charge in [0.05, 0.1) is 0 Å². The number of hydrogen-bond donors (Lipinski definition) is 1. The summed E-state index contributed by atoms with van der Waals surface area (Å²) in [6, 6.07) is 9.44. The van der Waals surface area contributed by atoms with Gasteiger partial charge in [-0.25, -0.2) is 0 Å². The zero-order valence-electron chi connectivity index (χ0n) is 9.49. The summed E-state index contributed by atoms with van der Waals surface area (Å²) in [6.07, 6.45) is 6.19. The summed E-state index contributed by atoms with van der Waals surface area (Å²) in [5, 5.41) is 3.63. The minimum absolute atomic E-state index is 0.685. The fourth-order valence-electron chi connectivity index (χ4n) is 2.26. The molecule has 0 amide bonds. The van der Waals surface area contributed by atoms with Gasteiger partial charge in [0.2, 0.25) is 0 Å². The van der Waals surface area contributed by atoms with Gasteiger partial charge in [0.15, 0.2) is 0 Å². The first-order chi connectivity index (χ1) is 7.29. The maximum atomic E-state index is 3.63. The van der Waals surface area contributed by atoms with Crippen LogP contribution >= 0.6 is 11.8 Å². The lowest BCUT2D eigenvalue weighted by Crippen LogP contribution is -2.21. The Morgan fingerprint density at radius 1 is 1.20 bits per heavy atom. The third-order valence-electron chi connectivity index (χ3n) is 3.30. The summed E-state index contributed by atoms with van der Waals surface area (Å²) < 4.78 is 0. The minimum Gasteiger partial charge on any atom is -0.382 e. The number of anilines is 1. The van der Waals surface area contributed by atoms with Gasteiger partial charge in [0.1, 0.15) is 0 Å². The van der Waals surface area contributed by atoms with Crippen LogP contribution in [0.25, 0.3) is 0 Å². The van der Waals surface area contributed by atoms with Gasteiger partial charge in [0.25, 0.3) is 0 Å². The van der Waals surface area contributed by atoms with Crippen molar-refractivity contribution >= 4 is 17.4 Å². The average molecular weight is 221 g/mol. The van der Waals surface area contributed by atoms with E-state index in [9.17, 15) is 0 Å². The first-order valence-electron chi connectivity index (χ1n) is 5.70. The van der Waals surface area contributed by atoms with Crippen molar-refractivity contribution in [3.63, 3.8) is 0 Å². The fraction of sp³-hybridized carbons (Fsp3) is 0.538. The monoisotopic (exact) mass is 221 g/mol. The predicted octanol–water partition coefficient (Wildman–Crippen LogP) is 4.01. The zero-order chi connectivity index (χ0) is 10.7. The summed E-state index contributed by atoms with van der Waals surface area (Å²) in [5.74, 6) is 0.824. The van der Waals surface area contributed by atoms with E-state index >= 15 is 0 Å².